The highest BCUT2D eigenvalue weighted by Crippen LogP contribution is 2.23. The molecule has 1 aliphatic heterocycles. The van der Waals surface area contributed by atoms with Crippen molar-refractivity contribution >= 4 is 39.6 Å². The summed E-state index contributed by atoms with van der Waals surface area (Å²) in [5, 5.41) is 2.65. The third-order valence-corrected chi connectivity index (χ3v) is 5.14. The lowest BCUT2D eigenvalue weighted by atomic mass is 10.1. The van der Waals surface area contributed by atoms with Crippen molar-refractivity contribution in [1.29, 1.82) is 0 Å². The van der Waals surface area contributed by atoms with E-state index in [1.54, 1.807) is 48.5 Å². The molecule has 2 aromatic rings. The SMILES string of the molecule is COC(=O)C(NC(=O)CCCN1C(=O)c2ccccc2C1=O)c1ccc(Br)cc1. The zero-order chi connectivity index (χ0) is 21.0. The number of carbonyl (C=O) groups is 4. The van der Waals surface area contributed by atoms with Crippen LogP contribution in [0, 0.1) is 0 Å². The van der Waals surface area contributed by atoms with Crippen LogP contribution >= 0.6 is 15.9 Å². The van der Waals surface area contributed by atoms with Crippen molar-refractivity contribution in [3.8, 4) is 0 Å². The molecule has 0 spiro atoms. The molecule has 1 unspecified atom stereocenters. The van der Waals surface area contributed by atoms with Crippen LogP contribution in [0.25, 0.3) is 0 Å². The smallest absolute Gasteiger partial charge is 0.333 e. The number of rotatable bonds is 7. The minimum atomic E-state index is -0.931. The van der Waals surface area contributed by atoms with Gasteiger partial charge in [-0.05, 0) is 36.2 Å². The largest absolute Gasteiger partial charge is 0.467 e. The predicted molar refractivity (Wildman–Crippen MR) is 108 cm³/mol. The van der Waals surface area contributed by atoms with E-state index in [0.29, 0.717) is 16.7 Å². The lowest BCUT2D eigenvalue weighted by molar-refractivity contribution is -0.145. The maximum absolute atomic E-state index is 12.4. The summed E-state index contributed by atoms with van der Waals surface area (Å²) >= 11 is 3.32. The van der Waals surface area contributed by atoms with E-state index < -0.39 is 12.0 Å². The summed E-state index contributed by atoms with van der Waals surface area (Å²) < 4.78 is 5.63. The molecule has 0 bridgehead atoms. The second-order valence-corrected chi connectivity index (χ2v) is 7.40. The van der Waals surface area contributed by atoms with Gasteiger partial charge in [-0.3, -0.25) is 19.3 Å². The van der Waals surface area contributed by atoms with E-state index in [0.717, 1.165) is 9.37 Å². The van der Waals surface area contributed by atoms with Crippen LogP contribution in [0.5, 0.6) is 0 Å². The molecule has 150 valence electrons. The van der Waals surface area contributed by atoms with Crippen molar-refractivity contribution in [2.45, 2.75) is 18.9 Å². The van der Waals surface area contributed by atoms with E-state index in [1.807, 2.05) is 0 Å². The zero-order valence-corrected chi connectivity index (χ0v) is 17.3. The molecular weight excluding hydrogens is 440 g/mol. The van der Waals surface area contributed by atoms with E-state index in [4.69, 9.17) is 4.74 Å². The molecule has 29 heavy (non-hydrogen) atoms. The van der Waals surface area contributed by atoms with Gasteiger partial charge in [0.05, 0.1) is 18.2 Å². The van der Waals surface area contributed by atoms with Gasteiger partial charge in [-0.25, -0.2) is 4.79 Å². The molecule has 1 N–H and O–H groups in total. The Morgan fingerprint density at radius 2 is 1.62 bits per heavy atom. The van der Waals surface area contributed by atoms with Gasteiger partial charge >= 0.3 is 5.97 Å². The quantitative estimate of drug-likeness (QED) is 0.508. The number of fused-ring (bicyclic) bond motifs is 1. The third kappa shape index (κ3) is 4.54. The Morgan fingerprint density at radius 3 is 2.17 bits per heavy atom. The molecule has 1 heterocycles. The Kier molecular flexibility index (Phi) is 6.43. The van der Waals surface area contributed by atoms with Crippen LogP contribution in [0.1, 0.15) is 45.2 Å². The first kappa shape index (κ1) is 20.7. The summed E-state index contributed by atoms with van der Waals surface area (Å²) in [6, 6.07) is 12.7. The normalized spacial score (nSPS) is 13.8. The summed E-state index contributed by atoms with van der Waals surface area (Å²) in [4.78, 5) is 50.3. The van der Waals surface area contributed by atoms with E-state index in [-0.39, 0.29) is 37.1 Å². The molecule has 0 saturated heterocycles. The lowest BCUT2D eigenvalue weighted by Crippen LogP contribution is -2.35. The van der Waals surface area contributed by atoms with E-state index in [2.05, 4.69) is 21.2 Å². The van der Waals surface area contributed by atoms with Gasteiger partial charge in [-0.2, -0.15) is 0 Å². The highest BCUT2D eigenvalue weighted by atomic mass is 79.9. The van der Waals surface area contributed by atoms with E-state index >= 15 is 0 Å². The first-order valence-electron chi connectivity index (χ1n) is 9.00. The van der Waals surface area contributed by atoms with Crippen LogP contribution in [0.3, 0.4) is 0 Å². The molecular formula is C21H19BrN2O5. The summed E-state index contributed by atoms with van der Waals surface area (Å²) in [6.45, 7) is 0.126. The van der Waals surface area contributed by atoms with Crippen molar-refractivity contribution in [2.75, 3.05) is 13.7 Å². The number of hydrogen-bond acceptors (Lipinski definition) is 5. The van der Waals surface area contributed by atoms with Crippen molar-refractivity contribution in [3.05, 3.63) is 69.7 Å². The molecule has 0 fully saturated rings. The molecule has 1 atom stereocenters. The Morgan fingerprint density at radius 1 is 1.03 bits per heavy atom. The number of benzene rings is 2. The summed E-state index contributed by atoms with van der Waals surface area (Å²) in [6.07, 6.45) is 0.336. The number of ether oxygens (including phenoxy) is 1. The summed E-state index contributed by atoms with van der Waals surface area (Å²) in [7, 11) is 1.25. The van der Waals surface area contributed by atoms with Gasteiger partial charge in [0.15, 0.2) is 6.04 Å². The summed E-state index contributed by atoms with van der Waals surface area (Å²) in [5.74, 6) is -1.66. The van der Waals surface area contributed by atoms with Gasteiger partial charge < -0.3 is 10.1 Å². The Bertz CT molecular complexity index is 923. The zero-order valence-electron chi connectivity index (χ0n) is 15.7. The molecule has 3 rings (SSSR count). The average molecular weight is 459 g/mol. The van der Waals surface area contributed by atoms with Crippen molar-refractivity contribution < 1.29 is 23.9 Å². The van der Waals surface area contributed by atoms with Crippen LogP contribution in [0.15, 0.2) is 53.0 Å². The van der Waals surface area contributed by atoms with Gasteiger partial charge in [-0.15, -0.1) is 0 Å². The van der Waals surface area contributed by atoms with Gasteiger partial charge in [0.2, 0.25) is 5.91 Å². The number of halogens is 1. The van der Waals surface area contributed by atoms with Crippen LogP contribution in [-0.2, 0) is 14.3 Å². The fraction of sp³-hybridized carbons (Fsp3) is 0.238. The standard InChI is InChI=1S/C21H19BrN2O5/c1-29-21(28)18(13-8-10-14(22)11-9-13)23-17(25)7-4-12-24-19(26)15-5-2-3-6-16(15)20(24)27/h2-3,5-6,8-11,18H,4,7,12H2,1H3,(H,23,25). The molecule has 3 amide bonds. The fourth-order valence-corrected chi connectivity index (χ4v) is 3.39. The lowest BCUT2D eigenvalue weighted by Gasteiger charge is -2.18. The van der Waals surface area contributed by atoms with Crippen LogP contribution in [0.4, 0.5) is 0 Å². The number of hydrogen-bond donors (Lipinski definition) is 1. The Balaban J connectivity index is 1.57. The maximum atomic E-state index is 12.4. The van der Waals surface area contributed by atoms with Gasteiger partial charge in [-0.1, -0.05) is 40.2 Å². The van der Waals surface area contributed by atoms with Crippen molar-refractivity contribution in [1.82, 2.24) is 10.2 Å². The van der Waals surface area contributed by atoms with E-state index in [1.165, 1.54) is 7.11 Å². The monoisotopic (exact) mass is 458 g/mol. The summed E-state index contributed by atoms with van der Waals surface area (Å²) in [5.41, 5.74) is 1.35. The molecule has 1 aliphatic rings. The van der Waals surface area contributed by atoms with Gasteiger partial charge in [0.1, 0.15) is 0 Å². The molecule has 0 radical (unpaired) electrons. The van der Waals surface area contributed by atoms with Gasteiger partial charge in [0.25, 0.3) is 11.8 Å². The molecule has 2 aromatic carbocycles. The van der Waals surface area contributed by atoms with Crippen molar-refractivity contribution in [2.24, 2.45) is 0 Å². The molecule has 0 saturated carbocycles. The average Bonchev–Trinajstić information content (AvgIpc) is 2.97. The fourth-order valence-electron chi connectivity index (χ4n) is 3.12. The second-order valence-electron chi connectivity index (χ2n) is 6.49. The Labute approximate surface area is 176 Å². The number of nitrogens with one attached hydrogen (secondary N) is 1. The number of imide groups is 1. The van der Waals surface area contributed by atoms with Crippen molar-refractivity contribution in [3.63, 3.8) is 0 Å². The number of amides is 3. The molecule has 7 nitrogen and oxygen atoms in total. The third-order valence-electron chi connectivity index (χ3n) is 4.61. The highest BCUT2D eigenvalue weighted by molar-refractivity contribution is 9.10. The predicted octanol–water partition coefficient (Wildman–Crippen LogP) is 2.86. The van der Waals surface area contributed by atoms with Crippen LogP contribution < -0.4 is 5.32 Å². The number of carbonyl (C=O) groups excluding carboxylic acids is 4. The minimum Gasteiger partial charge on any atom is -0.467 e. The van der Waals surface area contributed by atoms with Crippen LogP contribution in [0.2, 0.25) is 0 Å². The van der Waals surface area contributed by atoms with Gasteiger partial charge in [0, 0.05) is 17.4 Å². The minimum absolute atomic E-state index is 0.0530. The highest BCUT2D eigenvalue weighted by Gasteiger charge is 2.34. The van der Waals surface area contributed by atoms with Crippen LogP contribution in [-0.4, -0.2) is 42.2 Å². The Hall–Kier alpha value is -3.00. The topological polar surface area (TPSA) is 92.8 Å². The molecule has 8 heteroatoms. The van der Waals surface area contributed by atoms with E-state index in [9.17, 15) is 19.2 Å². The molecule has 0 aromatic heterocycles. The number of nitrogens with zero attached hydrogens (tertiary/aromatic N) is 1. The second kappa shape index (κ2) is 9.00. The molecule has 0 aliphatic carbocycles. The first-order valence-corrected chi connectivity index (χ1v) is 9.79. The maximum Gasteiger partial charge on any atom is 0.333 e. The number of esters is 1. The number of methoxy groups -OCH3 is 1. The first-order chi connectivity index (χ1) is 13.9.